The van der Waals surface area contributed by atoms with Crippen LogP contribution in [0.25, 0.3) is 0 Å². The topological polar surface area (TPSA) is 61.7 Å². The molecule has 7 heteroatoms. The van der Waals surface area contributed by atoms with E-state index in [1.165, 1.54) is 77.5 Å². The number of quaternary nitrogens is 2. The molecule has 7 nitrogen and oxygen atoms in total. The fourth-order valence-corrected chi connectivity index (χ4v) is 5.48. The van der Waals surface area contributed by atoms with Gasteiger partial charge in [0.2, 0.25) is 5.82 Å². The van der Waals surface area contributed by atoms with E-state index in [0.29, 0.717) is 6.04 Å². The monoisotopic (exact) mass is 378 g/mol. The number of hydrogen-bond donors (Lipinski definition) is 2. The highest BCUT2D eigenvalue weighted by molar-refractivity contribution is 4.89. The van der Waals surface area contributed by atoms with Gasteiger partial charge in [-0.15, -0.1) is 5.10 Å². The zero-order valence-corrected chi connectivity index (χ0v) is 17.0. The number of tetrazole rings is 1. The second kappa shape index (κ2) is 9.43. The van der Waals surface area contributed by atoms with Gasteiger partial charge in [-0.3, -0.25) is 0 Å². The van der Waals surface area contributed by atoms with Gasteiger partial charge in [0, 0.05) is 13.0 Å². The van der Waals surface area contributed by atoms with Crippen molar-refractivity contribution in [1.82, 2.24) is 20.2 Å². The quantitative estimate of drug-likeness (QED) is 0.658. The van der Waals surface area contributed by atoms with Crippen LogP contribution in [0, 0.1) is 0 Å². The molecule has 152 valence electrons. The molecule has 0 unspecified atom stereocenters. The molecule has 0 radical (unpaired) electrons. The van der Waals surface area contributed by atoms with E-state index in [-0.39, 0.29) is 6.10 Å². The lowest BCUT2D eigenvalue weighted by molar-refractivity contribution is -1.04. The van der Waals surface area contributed by atoms with Gasteiger partial charge in [0.05, 0.1) is 18.7 Å². The number of rotatable bonds is 8. The van der Waals surface area contributed by atoms with Gasteiger partial charge >= 0.3 is 0 Å². The molecule has 1 saturated carbocycles. The maximum absolute atomic E-state index is 5.83. The molecule has 4 rings (SSSR count). The van der Waals surface area contributed by atoms with Gasteiger partial charge in [0.25, 0.3) is 0 Å². The Labute approximate surface area is 163 Å². The van der Waals surface area contributed by atoms with Crippen LogP contribution in [-0.2, 0) is 11.3 Å². The second-order valence-electron chi connectivity index (χ2n) is 8.85. The maximum atomic E-state index is 5.83. The van der Waals surface area contributed by atoms with Crippen LogP contribution in [0.15, 0.2) is 0 Å². The summed E-state index contributed by atoms with van der Waals surface area (Å²) >= 11 is 0. The van der Waals surface area contributed by atoms with Gasteiger partial charge in [-0.1, -0.05) is 13.3 Å². The zero-order valence-electron chi connectivity index (χ0n) is 17.0. The van der Waals surface area contributed by atoms with Crippen molar-refractivity contribution in [2.75, 3.05) is 32.8 Å². The molecule has 1 aromatic rings. The number of nitrogens with one attached hydrogen (secondary N) is 2. The third kappa shape index (κ3) is 4.69. The summed E-state index contributed by atoms with van der Waals surface area (Å²) < 4.78 is 7.89. The Morgan fingerprint density at radius 1 is 1.11 bits per heavy atom. The standard InChI is InChI=1S/C20H36N6O/c1-2-3-10-19(20-21-22-23-26(20)16-18-9-6-15-27-18)25-13-11-24(12-14-25)17-7-4-5-8-17/h17-19H,2-16H2,1H3/p+2/t18-,19+/m0/s1. The average molecular weight is 379 g/mol. The summed E-state index contributed by atoms with van der Waals surface area (Å²) in [6.45, 7) is 9.13. The van der Waals surface area contributed by atoms with Crippen molar-refractivity contribution in [1.29, 1.82) is 0 Å². The van der Waals surface area contributed by atoms with Crippen molar-refractivity contribution < 1.29 is 14.5 Å². The van der Waals surface area contributed by atoms with Crippen LogP contribution in [0.4, 0.5) is 0 Å². The first-order chi connectivity index (χ1) is 13.3. The summed E-state index contributed by atoms with van der Waals surface area (Å²) in [5, 5.41) is 12.9. The van der Waals surface area contributed by atoms with Gasteiger partial charge in [-0.05, 0) is 55.4 Å². The van der Waals surface area contributed by atoms with Crippen molar-refractivity contribution in [2.24, 2.45) is 0 Å². The molecule has 0 spiro atoms. The van der Waals surface area contributed by atoms with E-state index in [9.17, 15) is 0 Å². The molecule has 2 aliphatic heterocycles. The van der Waals surface area contributed by atoms with Crippen LogP contribution in [0.2, 0.25) is 0 Å². The third-order valence-corrected chi connectivity index (χ3v) is 7.08. The largest absolute Gasteiger partial charge is 0.376 e. The first-order valence-electron chi connectivity index (χ1n) is 11.4. The molecule has 0 bridgehead atoms. The molecule has 3 heterocycles. The number of hydrogen-bond acceptors (Lipinski definition) is 4. The summed E-state index contributed by atoms with van der Waals surface area (Å²) in [6, 6.07) is 1.37. The zero-order chi connectivity index (χ0) is 18.5. The fraction of sp³-hybridized carbons (Fsp3) is 0.950. The fourth-order valence-electron chi connectivity index (χ4n) is 5.48. The van der Waals surface area contributed by atoms with E-state index >= 15 is 0 Å². The van der Waals surface area contributed by atoms with E-state index in [0.717, 1.165) is 31.4 Å². The lowest BCUT2D eigenvalue weighted by atomic mass is 10.1. The SMILES string of the molecule is CCCC[C@H](c1nnnn1C[C@@H]1CCCO1)[NH+]1CC[NH+](C2CCCC2)CC1. The molecule has 2 atom stereocenters. The van der Waals surface area contributed by atoms with E-state index in [1.807, 2.05) is 4.90 Å². The summed E-state index contributed by atoms with van der Waals surface area (Å²) in [5.41, 5.74) is 0. The summed E-state index contributed by atoms with van der Waals surface area (Å²) in [7, 11) is 0. The van der Waals surface area contributed by atoms with E-state index in [4.69, 9.17) is 4.74 Å². The Morgan fingerprint density at radius 2 is 1.93 bits per heavy atom. The predicted octanol–water partition coefficient (Wildman–Crippen LogP) is -0.191. The van der Waals surface area contributed by atoms with Crippen molar-refractivity contribution in [3.63, 3.8) is 0 Å². The Bertz CT molecular complexity index is 559. The molecule has 1 aromatic heterocycles. The number of aromatic nitrogens is 4. The van der Waals surface area contributed by atoms with Gasteiger partial charge in [0.15, 0.2) is 0 Å². The molecule has 0 aromatic carbocycles. The minimum atomic E-state index is 0.290. The summed E-state index contributed by atoms with van der Waals surface area (Å²) in [4.78, 5) is 3.57. The highest BCUT2D eigenvalue weighted by atomic mass is 16.5. The van der Waals surface area contributed by atoms with Crippen molar-refractivity contribution in [3.05, 3.63) is 5.82 Å². The van der Waals surface area contributed by atoms with E-state index in [1.54, 1.807) is 4.90 Å². The van der Waals surface area contributed by atoms with Crippen molar-refractivity contribution >= 4 is 0 Å². The minimum Gasteiger partial charge on any atom is -0.376 e. The van der Waals surface area contributed by atoms with E-state index < -0.39 is 0 Å². The van der Waals surface area contributed by atoms with Crippen LogP contribution in [0.1, 0.15) is 76.6 Å². The number of nitrogens with zero attached hydrogens (tertiary/aromatic N) is 4. The van der Waals surface area contributed by atoms with Gasteiger partial charge in [0.1, 0.15) is 32.2 Å². The third-order valence-electron chi connectivity index (χ3n) is 7.08. The number of unbranched alkanes of at least 4 members (excludes halogenated alkanes) is 1. The lowest BCUT2D eigenvalue weighted by Crippen LogP contribution is -3.29. The molecule has 1 aliphatic carbocycles. The Balaban J connectivity index is 1.41. The van der Waals surface area contributed by atoms with Gasteiger partial charge < -0.3 is 14.5 Å². The van der Waals surface area contributed by atoms with Crippen LogP contribution < -0.4 is 9.80 Å². The average Bonchev–Trinajstić information content (AvgIpc) is 3.47. The summed E-state index contributed by atoms with van der Waals surface area (Å²) in [6.07, 6.45) is 12.1. The van der Waals surface area contributed by atoms with Crippen molar-refractivity contribution in [2.45, 2.75) is 89.4 Å². The molecule has 2 saturated heterocycles. The molecular weight excluding hydrogens is 340 g/mol. The normalized spacial score (nSPS) is 30.8. The Hall–Kier alpha value is -1.05. The predicted molar refractivity (Wildman–Crippen MR) is 103 cm³/mol. The molecule has 3 aliphatic rings. The van der Waals surface area contributed by atoms with Gasteiger partial charge in [-0.2, -0.15) is 0 Å². The molecule has 0 amide bonds. The molecule has 27 heavy (non-hydrogen) atoms. The van der Waals surface area contributed by atoms with Gasteiger partial charge in [-0.25, -0.2) is 4.68 Å². The Kier molecular flexibility index (Phi) is 6.73. The number of piperazine rings is 1. The highest BCUT2D eigenvalue weighted by Gasteiger charge is 2.37. The lowest BCUT2D eigenvalue weighted by Gasteiger charge is -2.36. The second-order valence-corrected chi connectivity index (χ2v) is 8.85. The highest BCUT2D eigenvalue weighted by Crippen LogP contribution is 2.18. The van der Waals surface area contributed by atoms with E-state index in [2.05, 4.69) is 27.1 Å². The summed E-state index contributed by atoms with van der Waals surface area (Å²) in [5.74, 6) is 1.10. The van der Waals surface area contributed by atoms with Crippen LogP contribution in [0.3, 0.4) is 0 Å². The smallest absolute Gasteiger partial charge is 0.209 e. The first kappa shape index (κ1) is 19.3. The van der Waals surface area contributed by atoms with Crippen LogP contribution in [-0.4, -0.2) is 65.1 Å². The minimum absolute atomic E-state index is 0.290. The first-order valence-corrected chi connectivity index (χ1v) is 11.4. The molecule has 2 N–H and O–H groups in total. The number of ether oxygens (including phenoxy) is 1. The Morgan fingerprint density at radius 3 is 2.63 bits per heavy atom. The van der Waals surface area contributed by atoms with Crippen LogP contribution >= 0.6 is 0 Å². The molecule has 3 fully saturated rings. The molecular formula is C20H38N6O+2. The van der Waals surface area contributed by atoms with Crippen molar-refractivity contribution in [3.8, 4) is 0 Å². The van der Waals surface area contributed by atoms with Crippen LogP contribution in [0.5, 0.6) is 0 Å². The maximum Gasteiger partial charge on any atom is 0.209 e.